The van der Waals surface area contributed by atoms with Crippen LogP contribution in [0.4, 0.5) is 0 Å². The maximum absolute atomic E-state index is 12.8. The molecule has 1 unspecified atom stereocenters. The highest BCUT2D eigenvalue weighted by molar-refractivity contribution is 6.31. The number of nitrogens with zero attached hydrogens (tertiary/aromatic N) is 1. The molecule has 0 radical (unpaired) electrons. The Bertz CT molecular complexity index is 818. The Morgan fingerprint density at radius 2 is 1.89 bits per heavy atom. The van der Waals surface area contributed by atoms with E-state index in [9.17, 15) is 4.79 Å². The number of benzene rings is 2. The van der Waals surface area contributed by atoms with Gasteiger partial charge in [0.2, 0.25) is 0 Å². The second-order valence-electron chi connectivity index (χ2n) is 7.23. The van der Waals surface area contributed by atoms with E-state index >= 15 is 0 Å². The maximum atomic E-state index is 12.8. The molecule has 2 aliphatic rings. The Hall–Kier alpha value is -1.88. The zero-order valence-corrected chi connectivity index (χ0v) is 16.2. The van der Waals surface area contributed by atoms with Crippen LogP contribution in [0.25, 0.3) is 0 Å². The summed E-state index contributed by atoms with van der Waals surface area (Å²) in [6.07, 6.45) is 3.39. The number of amides is 1. The van der Waals surface area contributed by atoms with Crippen molar-refractivity contribution in [3.8, 4) is 0 Å². The Morgan fingerprint density at radius 1 is 1.11 bits per heavy atom. The second kappa shape index (κ2) is 8.42. The third-order valence-corrected chi connectivity index (χ3v) is 5.91. The average Bonchev–Trinajstić information content (AvgIpc) is 3.18. The molecule has 2 aromatic rings. The van der Waals surface area contributed by atoms with Gasteiger partial charge >= 0.3 is 0 Å². The molecule has 1 amide bonds. The molecule has 142 valence electrons. The molecular weight excluding hydrogens is 360 g/mol. The Kier molecular flexibility index (Phi) is 5.77. The van der Waals surface area contributed by atoms with Crippen molar-refractivity contribution in [3.05, 3.63) is 69.7 Å². The van der Waals surface area contributed by atoms with Gasteiger partial charge in [0.25, 0.3) is 5.91 Å². The molecule has 5 heteroatoms. The van der Waals surface area contributed by atoms with Crippen LogP contribution in [0.3, 0.4) is 0 Å². The van der Waals surface area contributed by atoms with Crippen LogP contribution >= 0.6 is 11.6 Å². The minimum absolute atomic E-state index is 0.0185. The molecule has 0 aromatic heterocycles. The van der Waals surface area contributed by atoms with E-state index in [2.05, 4.69) is 22.3 Å². The summed E-state index contributed by atoms with van der Waals surface area (Å²) in [4.78, 5) is 15.1. The third-order valence-electron chi connectivity index (χ3n) is 5.57. The van der Waals surface area contributed by atoms with E-state index in [1.807, 2.05) is 30.3 Å². The lowest BCUT2D eigenvalue weighted by Crippen LogP contribution is -2.44. The van der Waals surface area contributed by atoms with Crippen molar-refractivity contribution in [2.24, 2.45) is 0 Å². The molecule has 27 heavy (non-hydrogen) atoms. The van der Waals surface area contributed by atoms with E-state index in [0.717, 1.165) is 42.1 Å². The number of morpholine rings is 1. The van der Waals surface area contributed by atoms with E-state index in [0.29, 0.717) is 19.8 Å². The molecule has 1 aliphatic carbocycles. The Balaban J connectivity index is 1.49. The molecule has 2 aromatic carbocycles. The minimum atomic E-state index is -0.0185. The first-order chi connectivity index (χ1) is 13.2. The largest absolute Gasteiger partial charge is 0.379 e. The first-order valence-electron chi connectivity index (χ1n) is 9.68. The normalized spacial score (nSPS) is 18.1. The average molecular weight is 385 g/mol. The zero-order chi connectivity index (χ0) is 18.6. The topological polar surface area (TPSA) is 41.6 Å². The molecule has 1 heterocycles. The molecule has 4 rings (SSSR count). The van der Waals surface area contributed by atoms with E-state index in [1.54, 1.807) is 0 Å². The number of hydrogen-bond acceptors (Lipinski definition) is 3. The van der Waals surface area contributed by atoms with Crippen LogP contribution in [-0.4, -0.2) is 43.7 Å². The summed E-state index contributed by atoms with van der Waals surface area (Å²) in [5, 5.41) is 3.87. The minimum Gasteiger partial charge on any atom is -0.379 e. The van der Waals surface area contributed by atoms with Gasteiger partial charge in [0.1, 0.15) is 0 Å². The standard InChI is InChI=1S/C22H25ClN2O2/c23-20-7-2-1-6-19(20)21(25-10-12-27-13-11-25)15-24-22(26)18-9-8-16-4-3-5-17(16)14-18/h1-2,6-9,14,21H,3-5,10-13,15H2,(H,24,26). The molecule has 1 aliphatic heterocycles. The highest BCUT2D eigenvalue weighted by atomic mass is 35.5. The fourth-order valence-electron chi connectivity index (χ4n) is 4.07. The predicted molar refractivity (Wildman–Crippen MR) is 107 cm³/mol. The fourth-order valence-corrected chi connectivity index (χ4v) is 4.34. The number of ether oxygens (including phenoxy) is 1. The Morgan fingerprint density at radius 3 is 2.70 bits per heavy atom. The van der Waals surface area contributed by atoms with Crippen molar-refractivity contribution in [1.29, 1.82) is 0 Å². The van der Waals surface area contributed by atoms with Crippen molar-refractivity contribution in [3.63, 3.8) is 0 Å². The summed E-state index contributed by atoms with van der Waals surface area (Å²) in [5.74, 6) is -0.0185. The van der Waals surface area contributed by atoms with Crippen LogP contribution in [0.15, 0.2) is 42.5 Å². The van der Waals surface area contributed by atoms with Gasteiger partial charge < -0.3 is 10.1 Å². The van der Waals surface area contributed by atoms with Gasteiger partial charge in [0.15, 0.2) is 0 Å². The molecule has 0 bridgehead atoms. The van der Waals surface area contributed by atoms with E-state index in [1.165, 1.54) is 17.5 Å². The van der Waals surface area contributed by atoms with Crippen LogP contribution in [-0.2, 0) is 17.6 Å². The molecule has 1 saturated heterocycles. The lowest BCUT2D eigenvalue weighted by Gasteiger charge is -2.35. The molecule has 4 nitrogen and oxygen atoms in total. The van der Waals surface area contributed by atoms with Crippen molar-refractivity contribution >= 4 is 17.5 Å². The number of aryl methyl sites for hydroxylation is 2. The van der Waals surface area contributed by atoms with Crippen LogP contribution in [0.5, 0.6) is 0 Å². The van der Waals surface area contributed by atoms with Gasteiger partial charge in [-0.1, -0.05) is 35.9 Å². The summed E-state index contributed by atoms with van der Waals surface area (Å²) in [5.41, 5.74) is 4.50. The Labute approximate surface area is 165 Å². The van der Waals surface area contributed by atoms with Gasteiger partial charge in [-0.15, -0.1) is 0 Å². The summed E-state index contributed by atoms with van der Waals surface area (Å²) in [7, 11) is 0. The summed E-state index contributed by atoms with van der Waals surface area (Å²) < 4.78 is 5.49. The summed E-state index contributed by atoms with van der Waals surface area (Å²) in [6.45, 7) is 3.62. The van der Waals surface area contributed by atoms with Gasteiger partial charge in [0, 0.05) is 30.2 Å². The first kappa shape index (κ1) is 18.5. The number of hydrogen-bond donors (Lipinski definition) is 1. The van der Waals surface area contributed by atoms with Crippen molar-refractivity contribution in [2.75, 3.05) is 32.8 Å². The van der Waals surface area contributed by atoms with Gasteiger partial charge in [0.05, 0.1) is 19.3 Å². The molecule has 1 fully saturated rings. The monoisotopic (exact) mass is 384 g/mol. The van der Waals surface area contributed by atoms with Crippen LogP contribution in [0, 0.1) is 0 Å². The zero-order valence-electron chi connectivity index (χ0n) is 15.4. The fraction of sp³-hybridized carbons (Fsp3) is 0.409. The molecular formula is C22H25ClN2O2. The van der Waals surface area contributed by atoms with Gasteiger partial charge in [-0.2, -0.15) is 0 Å². The van der Waals surface area contributed by atoms with Crippen LogP contribution in [0.1, 0.15) is 39.5 Å². The SMILES string of the molecule is O=C(NCC(c1ccccc1Cl)N1CCOCC1)c1ccc2c(c1)CCC2. The molecule has 1 atom stereocenters. The van der Waals surface area contributed by atoms with Crippen molar-refractivity contribution < 1.29 is 9.53 Å². The van der Waals surface area contributed by atoms with Crippen molar-refractivity contribution in [2.45, 2.75) is 25.3 Å². The second-order valence-corrected chi connectivity index (χ2v) is 7.64. The highest BCUT2D eigenvalue weighted by Gasteiger charge is 2.25. The highest BCUT2D eigenvalue weighted by Crippen LogP contribution is 2.28. The predicted octanol–water partition coefficient (Wildman–Crippen LogP) is 3.63. The third kappa shape index (κ3) is 4.18. The number of fused-ring (bicyclic) bond motifs is 1. The molecule has 0 spiro atoms. The first-order valence-corrected chi connectivity index (χ1v) is 10.1. The van der Waals surface area contributed by atoms with E-state index in [-0.39, 0.29) is 11.9 Å². The molecule has 0 saturated carbocycles. The van der Waals surface area contributed by atoms with Gasteiger partial charge in [-0.05, 0) is 54.2 Å². The summed E-state index contributed by atoms with van der Waals surface area (Å²) >= 11 is 6.46. The summed E-state index contributed by atoms with van der Waals surface area (Å²) in [6, 6.07) is 14.0. The van der Waals surface area contributed by atoms with Gasteiger partial charge in [-0.25, -0.2) is 0 Å². The van der Waals surface area contributed by atoms with Gasteiger partial charge in [-0.3, -0.25) is 9.69 Å². The molecule has 1 N–H and O–H groups in total. The van der Waals surface area contributed by atoms with Crippen LogP contribution < -0.4 is 5.32 Å². The van der Waals surface area contributed by atoms with E-state index < -0.39 is 0 Å². The number of nitrogens with one attached hydrogen (secondary N) is 1. The quantitative estimate of drug-likeness (QED) is 0.855. The number of halogens is 1. The maximum Gasteiger partial charge on any atom is 0.251 e. The number of rotatable bonds is 5. The lowest BCUT2D eigenvalue weighted by molar-refractivity contribution is 0.0162. The number of carbonyl (C=O) groups is 1. The van der Waals surface area contributed by atoms with Crippen LogP contribution in [0.2, 0.25) is 5.02 Å². The number of carbonyl (C=O) groups excluding carboxylic acids is 1. The lowest BCUT2D eigenvalue weighted by atomic mass is 10.0. The van der Waals surface area contributed by atoms with Crippen molar-refractivity contribution in [1.82, 2.24) is 10.2 Å². The van der Waals surface area contributed by atoms with E-state index in [4.69, 9.17) is 16.3 Å². The smallest absolute Gasteiger partial charge is 0.251 e.